The molecule has 20 heavy (non-hydrogen) atoms. The molecule has 0 heterocycles. The first-order valence-electron chi connectivity index (χ1n) is 7.01. The molecule has 0 aliphatic heterocycles. The van der Waals surface area contributed by atoms with Gasteiger partial charge in [-0.05, 0) is 37.0 Å². The lowest BCUT2D eigenvalue weighted by molar-refractivity contribution is 0.178. The molecule has 0 saturated heterocycles. The standard InChI is InChI=1S/C14H22N2O3S/c1-2-11-6-7-13(10-14(11)15)20(18,19)16(8-9-17)12-4-3-5-12/h6-7,10,12,17H,2-5,8-9,15H2,1H3. The van der Waals surface area contributed by atoms with Gasteiger partial charge in [0.15, 0.2) is 0 Å². The second-order valence-corrected chi connectivity index (χ2v) is 7.03. The van der Waals surface area contributed by atoms with Crippen molar-refractivity contribution in [1.29, 1.82) is 0 Å². The van der Waals surface area contributed by atoms with Gasteiger partial charge in [0.1, 0.15) is 0 Å². The maximum absolute atomic E-state index is 12.7. The van der Waals surface area contributed by atoms with Gasteiger partial charge in [-0.15, -0.1) is 0 Å². The molecule has 3 N–H and O–H groups in total. The number of nitrogens with two attached hydrogens (primary N) is 1. The lowest BCUT2D eigenvalue weighted by atomic mass is 9.93. The van der Waals surface area contributed by atoms with E-state index in [0.29, 0.717) is 5.69 Å². The van der Waals surface area contributed by atoms with Crippen molar-refractivity contribution >= 4 is 15.7 Å². The van der Waals surface area contributed by atoms with Crippen molar-refractivity contribution in [2.45, 2.75) is 43.5 Å². The molecule has 2 rings (SSSR count). The summed E-state index contributed by atoms with van der Waals surface area (Å²) >= 11 is 0. The van der Waals surface area contributed by atoms with Crippen molar-refractivity contribution in [2.24, 2.45) is 0 Å². The van der Waals surface area contributed by atoms with Gasteiger partial charge in [-0.1, -0.05) is 19.4 Å². The van der Waals surface area contributed by atoms with E-state index in [-0.39, 0.29) is 24.1 Å². The number of rotatable bonds is 6. The first-order chi connectivity index (χ1) is 9.50. The number of hydrogen-bond donors (Lipinski definition) is 2. The maximum atomic E-state index is 12.7. The van der Waals surface area contributed by atoms with Gasteiger partial charge in [0.25, 0.3) is 0 Å². The Morgan fingerprint density at radius 2 is 2.10 bits per heavy atom. The Kier molecular flexibility index (Phi) is 4.67. The highest BCUT2D eigenvalue weighted by Crippen LogP contribution is 2.30. The Balaban J connectivity index is 2.34. The number of benzene rings is 1. The summed E-state index contributed by atoms with van der Waals surface area (Å²) in [5.74, 6) is 0. The Labute approximate surface area is 120 Å². The Bertz CT molecular complexity index is 568. The highest BCUT2D eigenvalue weighted by atomic mass is 32.2. The number of aryl methyl sites for hydroxylation is 1. The van der Waals surface area contributed by atoms with E-state index in [0.717, 1.165) is 31.2 Å². The van der Waals surface area contributed by atoms with E-state index < -0.39 is 10.0 Å². The van der Waals surface area contributed by atoms with Crippen molar-refractivity contribution < 1.29 is 13.5 Å². The molecule has 0 atom stereocenters. The Morgan fingerprint density at radius 1 is 1.40 bits per heavy atom. The summed E-state index contributed by atoms with van der Waals surface area (Å²) < 4.78 is 26.7. The van der Waals surface area contributed by atoms with Gasteiger partial charge in [0.2, 0.25) is 10.0 Å². The quantitative estimate of drug-likeness (QED) is 0.777. The van der Waals surface area contributed by atoms with Crippen molar-refractivity contribution in [3.63, 3.8) is 0 Å². The van der Waals surface area contributed by atoms with Crippen molar-refractivity contribution in [3.05, 3.63) is 23.8 Å². The van der Waals surface area contributed by atoms with Crippen molar-refractivity contribution in [3.8, 4) is 0 Å². The van der Waals surface area contributed by atoms with Crippen LogP contribution < -0.4 is 5.73 Å². The number of aliphatic hydroxyl groups excluding tert-OH is 1. The van der Waals surface area contributed by atoms with Gasteiger partial charge in [-0.25, -0.2) is 8.42 Å². The van der Waals surface area contributed by atoms with Gasteiger partial charge in [-0.3, -0.25) is 0 Å². The number of nitrogen functional groups attached to an aromatic ring is 1. The molecular formula is C14H22N2O3S. The first-order valence-corrected chi connectivity index (χ1v) is 8.45. The number of aliphatic hydroxyl groups is 1. The maximum Gasteiger partial charge on any atom is 0.243 e. The second kappa shape index (κ2) is 6.11. The number of nitrogens with zero attached hydrogens (tertiary/aromatic N) is 1. The third-order valence-corrected chi connectivity index (χ3v) is 5.86. The fourth-order valence-corrected chi connectivity index (χ4v) is 4.18. The van der Waals surface area contributed by atoms with E-state index in [4.69, 9.17) is 10.8 Å². The van der Waals surface area contributed by atoms with E-state index in [1.807, 2.05) is 6.92 Å². The molecule has 0 radical (unpaired) electrons. The van der Waals surface area contributed by atoms with Crippen LogP contribution in [0.1, 0.15) is 31.7 Å². The lowest BCUT2D eigenvalue weighted by Gasteiger charge is -2.36. The minimum Gasteiger partial charge on any atom is -0.398 e. The molecule has 5 nitrogen and oxygen atoms in total. The highest BCUT2D eigenvalue weighted by molar-refractivity contribution is 7.89. The van der Waals surface area contributed by atoms with E-state index >= 15 is 0 Å². The SMILES string of the molecule is CCc1ccc(S(=O)(=O)N(CCO)C2CCC2)cc1N. The van der Waals surface area contributed by atoms with Crippen molar-refractivity contribution in [2.75, 3.05) is 18.9 Å². The Hall–Kier alpha value is -1.11. The van der Waals surface area contributed by atoms with Crippen LogP contribution in [0.4, 0.5) is 5.69 Å². The van der Waals surface area contributed by atoms with Crippen LogP contribution in [0, 0.1) is 0 Å². The van der Waals surface area contributed by atoms with Gasteiger partial charge in [0.05, 0.1) is 11.5 Å². The minimum absolute atomic E-state index is 0.0132. The molecule has 0 amide bonds. The highest BCUT2D eigenvalue weighted by Gasteiger charge is 2.34. The van der Waals surface area contributed by atoms with Crippen LogP contribution in [0.25, 0.3) is 0 Å². The van der Waals surface area contributed by atoms with Gasteiger partial charge < -0.3 is 10.8 Å². The smallest absolute Gasteiger partial charge is 0.243 e. The van der Waals surface area contributed by atoms with E-state index in [1.165, 1.54) is 10.4 Å². The topological polar surface area (TPSA) is 83.6 Å². The summed E-state index contributed by atoms with van der Waals surface area (Å²) in [6, 6.07) is 4.91. The molecule has 0 spiro atoms. The van der Waals surface area contributed by atoms with Crippen LogP contribution in [-0.2, 0) is 16.4 Å². The van der Waals surface area contributed by atoms with E-state index in [2.05, 4.69) is 0 Å². The molecule has 112 valence electrons. The zero-order valence-electron chi connectivity index (χ0n) is 11.7. The van der Waals surface area contributed by atoms with Crippen LogP contribution in [0.15, 0.2) is 23.1 Å². The molecule has 0 unspecified atom stereocenters. The molecule has 1 aromatic carbocycles. The minimum atomic E-state index is -3.58. The molecule has 1 saturated carbocycles. The van der Waals surface area contributed by atoms with E-state index in [9.17, 15) is 8.42 Å². The monoisotopic (exact) mass is 298 g/mol. The molecular weight excluding hydrogens is 276 g/mol. The largest absolute Gasteiger partial charge is 0.398 e. The van der Waals surface area contributed by atoms with Gasteiger partial charge in [-0.2, -0.15) is 4.31 Å². The molecule has 0 aromatic heterocycles. The van der Waals surface area contributed by atoms with Crippen LogP contribution in [0.3, 0.4) is 0 Å². The molecule has 1 aliphatic rings. The zero-order chi connectivity index (χ0) is 14.8. The zero-order valence-corrected chi connectivity index (χ0v) is 12.6. The van der Waals surface area contributed by atoms with E-state index in [1.54, 1.807) is 12.1 Å². The number of anilines is 1. The number of sulfonamides is 1. The van der Waals surface area contributed by atoms with Gasteiger partial charge in [0, 0.05) is 18.3 Å². The molecule has 1 fully saturated rings. The van der Waals surface area contributed by atoms with Crippen LogP contribution in [0.5, 0.6) is 0 Å². The summed E-state index contributed by atoms with van der Waals surface area (Å²) in [5.41, 5.74) is 7.34. The predicted octanol–water partition coefficient (Wildman–Crippen LogP) is 1.37. The average Bonchev–Trinajstić information content (AvgIpc) is 2.36. The molecule has 1 aliphatic carbocycles. The van der Waals surface area contributed by atoms with Crippen molar-refractivity contribution in [1.82, 2.24) is 4.31 Å². The summed E-state index contributed by atoms with van der Waals surface area (Å²) in [5, 5.41) is 9.12. The Morgan fingerprint density at radius 3 is 2.55 bits per heavy atom. The summed E-state index contributed by atoms with van der Waals surface area (Å²) in [6.45, 7) is 1.95. The fraction of sp³-hybridized carbons (Fsp3) is 0.571. The summed E-state index contributed by atoms with van der Waals surface area (Å²) in [7, 11) is -3.58. The molecule has 0 bridgehead atoms. The van der Waals surface area contributed by atoms with Crippen LogP contribution in [-0.4, -0.2) is 37.0 Å². The summed E-state index contributed by atoms with van der Waals surface area (Å²) in [4.78, 5) is 0.215. The summed E-state index contributed by atoms with van der Waals surface area (Å²) in [6.07, 6.45) is 3.54. The first kappa shape index (κ1) is 15.3. The number of hydrogen-bond acceptors (Lipinski definition) is 4. The molecule has 1 aromatic rings. The van der Waals surface area contributed by atoms with Gasteiger partial charge >= 0.3 is 0 Å². The predicted molar refractivity (Wildman–Crippen MR) is 78.8 cm³/mol. The third-order valence-electron chi connectivity index (χ3n) is 3.91. The third kappa shape index (κ3) is 2.82. The second-order valence-electron chi connectivity index (χ2n) is 5.14. The lowest BCUT2D eigenvalue weighted by Crippen LogP contribution is -2.45. The van der Waals surface area contributed by atoms with Crippen LogP contribution >= 0.6 is 0 Å². The molecule has 6 heteroatoms. The normalized spacial score (nSPS) is 16.4. The van der Waals surface area contributed by atoms with Crippen LogP contribution in [0.2, 0.25) is 0 Å². The fourth-order valence-electron chi connectivity index (χ4n) is 2.46. The average molecular weight is 298 g/mol.